The highest BCUT2D eigenvalue weighted by atomic mass is 19.1. The van der Waals surface area contributed by atoms with Crippen molar-refractivity contribution >= 4 is 5.91 Å². The lowest BCUT2D eigenvalue weighted by Gasteiger charge is -2.35. The van der Waals surface area contributed by atoms with Crippen LogP contribution in [0.5, 0.6) is 0 Å². The van der Waals surface area contributed by atoms with Gasteiger partial charge in [0, 0.05) is 32.7 Å². The fourth-order valence-corrected chi connectivity index (χ4v) is 2.97. The molecule has 1 amide bonds. The average Bonchev–Trinajstić information content (AvgIpc) is 2.63. The van der Waals surface area contributed by atoms with Crippen molar-refractivity contribution in [2.45, 2.75) is 6.10 Å². The van der Waals surface area contributed by atoms with Gasteiger partial charge in [-0.05, 0) is 29.8 Å². The first-order chi connectivity index (χ1) is 12.0. The summed E-state index contributed by atoms with van der Waals surface area (Å²) < 4.78 is 26.7. The van der Waals surface area contributed by atoms with Gasteiger partial charge in [-0.3, -0.25) is 9.69 Å². The predicted molar refractivity (Wildman–Crippen MR) is 90.1 cm³/mol. The average molecular weight is 346 g/mol. The number of β-amino-alcohol motifs (C(OH)–C–C–N with tert-alkyl or cyclic N) is 1. The number of rotatable bonds is 4. The zero-order valence-electron chi connectivity index (χ0n) is 13.7. The van der Waals surface area contributed by atoms with Crippen LogP contribution < -0.4 is 0 Å². The van der Waals surface area contributed by atoms with E-state index in [-0.39, 0.29) is 17.3 Å². The lowest BCUT2D eigenvalue weighted by atomic mass is 10.1. The van der Waals surface area contributed by atoms with Crippen LogP contribution in [0.25, 0.3) is 0 Å². The van der Waals surface area contributed by atoms with Crippen LogP contribution in [0.3, 0.4) is 0 Å². The third kappa shape index (κ3) is 4.21. The van der Waals surface area contributed by atoms with E-state index in [0.717, 1.165) is 0 Å². The molecule has 0 saturated carbocycles. The molecule has 0 aliphatic carbocycles. The fraction of sp³-hybridized carbons (Fsp3) is 0.316. The molecule has 1 fully saturated rings. The van der Waals surface area contributed by atoms with Crippen LogP contribution in [0.4, 0.5) is 8.78 Å². The Morgan fingerprint density at radius 1 is 1.00 bits per heavy atom. The number of aliphatic hydroxyl groups is 1. The van der Waals surface area contributed by atoms with Crippen molar-refractivity contribution in [3.05, 3.63) is 71.3 Å². The van der Waals surface area contributed by atoms with Gasteiger partial charge < -0.3 is 10.0 Å². The highest BCUT2D eigenvalue weighted by Crippen LogP contribution is 2.17. The van der Waals surface area contributed by atoms with Crippen LogP contribution in [-0.4, -0.2) is 53.5 Å². The summed E-state index contributed by atoms with van der Waals surface area (Å²) in [5.74, 6) is -1.16. The summed E-state index contributed by atoms with van der Waals surface area (Å²) in [7, 11) is 0. The second kappa shape index (κ2) is 7.72. The molecule has 3 rings (SSSR count). The summed E-state index contributed by atoms with van der Waals surface area (Å²) in [6.07, 6.45) is -0.714. The van der Waals surface area contributed by atoms with Gasteiger partial charge in [0.05, 0.1) is 11.7 Å². The molecule has 1 saturated heterocycles. The molecule has 6 heteroatoms. The Balaban J connectivity index is 1.54. The lowest BCUT2D eigenvalue weighted by molar-refractivity contribution is 0.0524. The Morgan fingerprint density at radius 2 is 1.64 bits per heavy atom. The summed E-state index contributed by atoms with van der Waals surface area (Å²) in [5.41, 5.74) is 0.744. The third-order valence-electron chi connectivity index (χ3n) is 4.45. The maximum atomic E-state index is 13.7. The molecule has 4 nitrogen and oxygen atoms in total. The number of piperazine rings is 1. The second-order valence-electron chi connectivity index (χ2n) is 6.14. The van der Waals surface area contributed by atoms with Crippen LogP contribution >= 0.6 is 0 Å². The highest BCUT2D eigenvalue weighted by molar-refractivity contribution is 5.94. The molecule has 1 N–H and O–H groups in total. The number of aliphatic hydroxyl groups excluding tert-OH is 1. The number of halogens is 2. The molecule has 0 aromatic heterocycles. The van der Waals surface area contributed by atoms with E-state index in [0.29, 0.717) is 38.3 Å². The number of carbonyl (C=O) groups excluding carboxylic acids is 1. The monoisotopic (exact) mass is 346 g/mol. The molecule has 1 aliphatic heterocycles. The van der Waals surface area contributed by atoms with Crippen LogP contribution in [0, 0.1) is 11.6 Å². The summed E-state index contributed by atoms with van der Waals surface area (Å²) in [4.78, 5) is 16.1. The van der Waals surface area contributed by atoms with E-state index < -0.39 is 11.9 Å². The number of hydrogen-bond donors (Lipinski definition) is 1. The third-order valence-corrected chi connectivity index (χ3v) is 4.45. The van der Waals surface area contributed by atoms with Crippen LogP contribution in [0.15, 0.2) is 48.5 Å². The number of carbonyl (C=O) groups is 1. The normalized spacial score (nSPS) is 16.7. The fourth-order valence-electron chi connectivity index (χ4n) is 2.97. The van der Waals surface area contributed by atoms with Crippen molar-refractivity contribution in [2.75, 3.05) is 32.7 Å². The number of hydrogen-bond acceptors (Lipinski definition) is 3. The van der Waals surface area contributed by atoms with E-state index >= 15 is 0 Å². The van der Waals surface area contributed by atoms with Gasteiger partial charge in [-0.1, -0.05) is 24.3 Å². The Bertz CT molecular complexity index is 728. The summed E-state index contributed by atoms with van der Waals surface area (Å²) in [6, 6.07) is 11.8. The lowest BCUT2D eigenvalue weighted by Crippen LogP contribution is -2.49. The van der Waals surface area contributed by atoms with Crippen LogP contribution in [0.2, 0.25) is 0 Å². The van der Waals surface area contributed by atoms with E-state index in [1.807, 2.05) is 4.90 Å². The standard InChI is InChI=1S/C19H20F2N2O2/c20-15-7-5-14(6-8-15)18(24)13-22-9-11-23(12-10-22)19(25)16-3-1-2-4-17(16)21/h1-8,18,24H,9-13H2. The van der Waals surface area contributed by atoms with E-state index in [1.54, 1.807) is 29.2 Å². The maximum absolute atomic E-state index is 13.7. The topological polar surface area (TPSA) is 43.8 Å². The maximum Gasteiger partial charge on any atom is 0.256 e. The first-order valence-corrected chi connectivity index (χ1v) is 8.24. The first-order valence-electron chi connectivity index (χ1n) is 8.24. The number of nitrogens with zero attached hydrogens (tertiary/aromatic N) is 2. The van der Waals surface area contributed by atoms with Gasteiger partial charge in [-0.2, -0.15) is 0 Å². The zero-order chi connectivity index (χ0) is 17.8. The molecular weight excluding hydrogens is 326 g/mol. The minimum Gasteiger partial charge on any atom is -0.387 e. The molecule has 0 spiro atoms. The SMILES string of the molecule is O=C(c1ccccc1F)N1CCN(CC(O)c2ccc(F)cc2)CC1. The zero-order valence-corrected chi connectivity index (χ0v) is 13.7. The van der Waals surface area contributed by atoms with Crippen molar-refractivity contribution in [3.8, 4) is 0 Å². The van der Waals surface area contributed by atoms with Crippen molar-refractivity contribution < 1.29 is 18.7 Å². The van der Waals surface area contributed by atoms with Crippen molar-refractivity contribution in [1.29, 1.82) is 0 Å². The molecule has 1 unspecified atom stereocenters. The second-order valence-corrected chi connectivity index (χ2v) is 6.14. The molecular formula is C19H20F2N2O2. The number of benzene rings is 2. The van der Waals surface area contributed by atoms with Gasteiger partial charge in [0.25, 0.3) is 5.91 Å². The van der Waals surface area contributed by atoms with Gasteiger partial charge >= 0.3 is 0 Å². The molecule has 2 aromatic rings. The molecule has 1 heterocycles. The molecule has 1 atom stereocenters. The van der Waals surface area contributed by atoms with Gasteiger partial charge in [0.15, 0.2) is 0 Å². The predicted octanol–water partition coefficient (Wildman–Crippen LogP) is 2.46. The Labute approximate surface area is 145 Å². The van der Waals surface area contributed by atoms with Gasteiger partial charge in [-0.25, -0.2) is 8.78 Å². The first kappa shape index (κ1) is 17.5. The quantitative estimate of drug-likeness (QED) is 0.925. The van der Waals surface area contributed by atoms with Gasteiger partial charge in [-0.15, -0.1) is 0 Å². The van der Waals surface area contributed by atoms with Crippen molar-refractivity contribution in [2.24, 2.45) is 0 Å². The van der Waals surface area contributed by atoms with E-state index in [2.05, 4.69) is 0 Å². The molecule has 0 radical (unpaired) electrons. The molecule has 25 heavy (non-hydrogen) atoms. The van der Waals surface area contributed by atoms with E-state index in [9.17, 15) is 18.7 Å². The van der Waals surface area contributed by atoms with Crippen molar-refractivity contribution in [3.63, 3.8) is 0 Å². The highest BCUT2D eigenvalue weighted by Gasteiger charge is 2.25. The number of amides is 1. The van der Waals surface area contributed by atoms with Gasteiger partial charge in [0.1, 0.15) is 11.6 Å². The summed E-state index contributed by atoms with van der Waals surface area (Å²) in [5, 5.41) is 10.3. The molecule has 132 valence electrons. The minimum absolute atomic E-state index is 0.0855. The van der Waals surface area contributed by atoms with E-state index in [4.69, 9.17) is 0 Å². The Kier molecular flexibility index (Phi) is 5.40. The molecule has 0 bridgehead atoms. The van der Waals surface area contributed by atoms with Gasteiger partial charge in [0.2, 0.25) is 0 Å². The minimum atomic E-state index is -0.714. The van der Waals surface area contributed by atoms with E-state index in [1.165, 1.54) is 24.3 Å². The van der Waals surface area contributed by atoms with Crippen LogP contribution in [-0.2, 0) is 0 Å². The largest absolute Gasteiger partial charge is 0.387 e. The Morgan fingerprint density at radius 3 is 2.28 bits per heavy atom. The van der Waals surface area contributed by atoms with Crippen molar-refractivity contribution in [1.82, 2.24) is 9.80 Å². The Hall–Kier alpha value is -2.31. The van der Waals surface area contributed by atoms with Crippen LogP contribution in [0.1, 0.15) is 22.0 Å². The smallest absolute Gasteiger partial charge is 0.256 e. The molecule has 1 aliphatic rings. The summed E-state index contributed by atoms with van der Waals surface area (Å²) in [6.45, 7) is 2.55. The molecule has 2 aromatic carbocycles. The summed E-state index contributed by atoms with van der Waals surface area (Å²) >= 11 is 0.